The Bertz CT molecular complexity index is 928. The Balaban J connectivity index is 1.66. The molecule has 0 saturated heterocycles. The molecule has 2 aromatic rings. The van der Waals surface area contributed by atoms with Crippen LogP contribution >= 0.6 is 11.6 Å². The van der Waals surface area contributed by atoms with Crippen LogP contribution in [-0.2, 0) is 22.4 Å². The van der Waals surface area contributed by atoms with E-state index < -0.39 is 22.9 Å². The molecule has 0 radical (unpaired) electrons. The van der Waals surface area contributed by atoms with E-state index in [4.69, 9.17) is 16.3 Å². The molecule has 140 valence electrons. The van der Waals surface area contributed by atoms with Gasteiger partial charge < -0.3 is 10.1 Å². The summed E-state index contributed by atoms with van der Waals surface area (Å²) < 4.78 is 5.22. The van der Waals surface area contributed by atoms with Crippen molar-refractivity contribution in [3.05, 3.63) is 68.2 Å². The van der Waals surface area contributed by atoms with Crippen LogP contribution in [0.5, 0.6) is 0 Å². The van der Waals surface area contributed by atoms with Gasteiger partial charge in [0.15, 0.2) is 6.10 Å². The Labute approximate surface area is 160 Å². The van der Waals surface area contributed by atoms with Crippen LogP contribution in [0, 0.1) is 10.1 Å². The number of esters is 1. The summed E-state index contributed by atoms with van der Waals surface area (Å²) >= 11 is 5.96. The first kappa shape index (κ1) is 18.8. The number of nitro benzene ring substituents is 1. The number of aryl methyl sites for hydroxylation is 2. The zero-order chi connectivity index (χ0) is 19.6. The van der Waals surface area contributed by atoms with E-state index in [2.05, 4.69) is 5.32 Å². The number of halogens is 1. The molecular weight excluding hydrogens is 372 g/mol. The standard InChI is InChI=1S/C19H17ClN2O5/c1-11(18(23)21-17-10-15(22(25)26)7-8-16(17)20)27-19(24)14-6-5-12-3-2-4-13(12)9-14/h5-11H,2-4H2,1H3,(H,21,23). The summed E-state index contributed by atoms with van der Waals surface area (Å²) in [5, 5.41) is 13.4. The van der Waals surface area contributed by atoms with Crippen molar-refractivity contribution >= 4 is 34.9 Å². The Morgan fingerprint density at radius 3 is 2.67 bits per heavy atom. The maximum absolute atomic E-state index is 12.3. The van der Waals surface area contributed by atoms with Gasteiger partial charge in [0, 0.05) is 12.1 Å². The number of ether oxygens (including phenoxy) is 1. The molecule has 8 heteroatoms. The summed E-state index contributed by atoms with van der Waals surface area (Å²) in [6, 6.07) is 9.09. The lowest BCUT2D eigenvalue weighted by molar-refractivity contribution is -0.384. The largest absolute Gasteiger partial charge is 0.449 e. The van der Waals surface area contributed by atoms with Crippen LogP contribution in [-0.4, -0.2) is 22.9 Å². The monoisotopic (exact) mass is 388 g/mol. The van der Waals surface area contributed by atoms with Crippen LogP contribution in [0.1, 0.15) is 34.8 Å². The number of carbonyl (C=O) groups is 2. The van der Waals surface area contributed by atoms with Gasteiger partial charge in [0.2, 0.25) is 0 Å². The van der Waals surface area contributed by atoms with Crippen molar-refractivity contribution in [3.8, 4) is 0 Å². The van der Waals surface area contributed by atoms with Gasteiger partial charge in [0.25, 0.3) is 11.6 Å². The first-order valence-electron chi connectivity index (χ1n) is 8.43. The van der Waals surface area contributed by atoms with E-state index in [1.165, 1.54) is 24.6 Å². The highest BCUT2D eigenvalue weighted by atomic mass is 35.5. The van der Waals surface area contributed by atoms with Gasteiger partial charge in [-0.05, 0) is 55.5 Å². The first-order chi connectivity index (χ1) is 12.8. The fourth-order valence-electron chi connectivity index (χ4n) is 2.94. The fraction of sp³-hybridized carbons (Fsp3) is 0.263. The summed E-state index contributed by atoms with van der Waals surface area (Å²) in [6.45, 7) is 1.42. The number of hydrogen-bond donors (Lipinski definition) is 1. The van der Waals surface area contributed by atoms with E-state index >= 15 is 0 Å². The molecule has 0 saturated carbocycles. The highest BCUT2D eigenvalue weighted by Crippen LogP contribution is 2.27. The normalized spacial score (nSPS) is 13.6. The molecular formula is C19H17ClN2O5. The molecule has 0 fully saturated rings. The number of carbonyl (C=O) groups excluding carboxylic acids is 2. The third kappa shape index (κ3) is 4.25. The van der Waals surface area contributed by atoms with Crippen molar-refractivity contribution in [1.82, 2.24) is 0 Å². The van der Waals surface area contributed by atoms with Crippen molar-refractivity contribution in [3.63, 3.8) is 0 Å². The third-order valence-corrected chi connectivity index (χ3v) is 4.74. The van der Waals surface area contributed by atoms with Gasteiger partial charge in [0.05, 0.1) is 21.2 Å². The zero-order valence-corrected chi connectivity index (χ0v) is 15.3. The summed E-state index contributed by atoms with van der Waals surface area (Å²) in [7, 11) is 0. The van der Waals surface area contributed by atoms with Crippen molar-refractivity contribution in [2.75, 3.05) is 5.32 Å². The summed E-state index contributed by atoms with van der Waals surface area (Å²) in [5.74, 6) is -1.23. The molecule has 27 heavy (non-hydrogen) atoms. The molecule has 1 aliphatic rings. The highest BCUT2D eigenvalue weighted by molar-refractivity contribution is 6.33. The molecule has 1 unspecified atom stereocenters. The maximum atomic E-state index is 12.3. The molecule has 1 aliphatic carbocycles. The number of amides is 1. The second-order valence-corrected chi connectivity index (χ2v) is 6.70. The number of rotatable bonds is 5. The van der Waals surface area contributed by atoms with Crippen molar-refractivity contribution in [1.29, 1.82) is 0 Å². The fourth-order valence-corrected chi connectivity index (χ4v) is 3.10. The predicted molar refractivity (Wildman–Crippen MR) is 100 cm³/mol. The predicted octanol–water partition coefficient (Wildman–Crippen LogP) is 3.92. The van der Waals surface area contributed by atoms with Gasteiger partial charge in [-0.25, -0.2) is 4.79 Å². The zero-order valence-electron chi connectivity index (χ0n) is 14.5. The Morgan fingerprint density at radius 1 is 1.19 bits per heavy atom. The minimum atomic E-state index is -1.10. The second kappa shape index (κ2) is 7.75. The smallest absolute Gasteiger partial charge is 0.338 e. The highest BCUT2D eigenvalue weighted by Gasteiger charge is 2.22. The molecule has 1 amide bonds. The van der Waals surface area contributed by atoms with Gasteiger partial charge in [-0.1, -0.05) is 17.7 Å². The topological polar surface area (TPSA) is 98.5 Å². The van der Waals surface area contributed by atoms with E-state index in [-0.39, 0.29) is 16.4 Å². The Kier molecular flexibility index (Phi) is 5.41. The molecule has 2 aromatic carbocycles. The van der Waals surface area contributed by atoms with Crippen LogP contribution < -0.4 is 5.32 Å². The average Bonchev–Trinajstić information content (AvgIpc) is 3.10. The lowest BCUT2D eigenvalue weighted by Gasteiger charge is -2.14. The van der Waals surface area contributed by atoms with E-state index in [1.807, 2.05) is 6.07 Å². The molecule has 3 rings (SSSR count). The SMILES string of the molecule is CC(OC(=O)c1ccc2c(c1)CCC2)C(=O)Nc1cc([N+](=O)[O-])ccc1Cl. The van der Waals surface area contributed by atoms with Crippen molar-refractivity contribution < 1.29 is 19.2 Å². The van der Waals surface area contributed by atoms with E-state index in [0.717, 1.165) is 30.9 Å². The number of nitro groups is 1. The summed E-state index contributed by atoms with van der Waals surface area (Å²) in [6.07, 6.45) is 1.91. The van der Waals surface area contributed by atoms with Gasteiger partial charge in [-0.2, -0.15) is 0 Å². The van der Waals surface area contributed by atoms with Crippen molar-refractivity contribution in [2.24, 2.45) is 0 Å². The molecule has 1 N–H and O–H groups in total. The lowest BCUT2D eigenvalue weighted by atomic mass is 10.1. The first-order valence-corrected chi connectivity index (χ1v) is 8.80. The summed E-state index contributed by atoms with van der Waals surface area (Å²) in [5.41, 5.74) is 2.63. The van der Waals surface area contributed by atoms with Crippen LogP contribution in [0.15, 0.2) is 36.4 Å². The number of anilines is 1. The Morgan fingerprint density at radius 2 is 1.93 bits per heavy atom. The quantitative estimate of drug-likeness (QED) is 0.475. The van der Waals surface area contributed by atoms with E-state index in [9.17, 15) is 19.7 Å². The van der Waals surface area contributed by atoms with Gasteiger partial charge in [-0.15, -0.1) is 0 Å². The summed E-state index contributed by atoms with van der Waals surface area (Å²) in [4.78, 5) is 34.8. The van der Waals surface area contributed by atoms with Gasteiger partial charge >= 0.3 is 5.97 Å². The maximum Gasteiger partial charge on any atom is 0.338 e. The number of benzene rings is 2. The Hall–Kier alpha value is -2.93. The average molecular weight is 389 g/mol. The molecule has 7 nitrogen and oxygen atoms in total. The molecule has 1 atom stereocenters. The second-order valence-electron chi connectivity index (χ2n) is 6.30. The number of hydrogen-bond acceptors (Lipinski definition) is 5. The molecule has 0 spiro atoms. The third-order valence-electron chi connectivity index (χ3n) is 4.41. The van der Waals surface area contributed by atoms with E-state index in [1.54, 1.807) is 12.1 Å². The van der Waals surface area contributed by atoms with Crippen molar-refractivity contribution in [2.45, 2.75) is 32.3 Å². The number of nitrogens with zero attached hydrogens (tertiary/aromatic N) is 1. The van der Waals surface area contributed by atoms with Crippen LogP contribution in [0.3, 0.4) is 0 Å². The minimum Gasteiger partial charge on any atom is -0.449 e. The molecule has 0 aromatic heterocycles. The number of fused-ring (bicyclic) bond motifs is 1. The molecule has 0 aliphatic heterocycles. The molecule has 0 bridgehead atoms. The molecule has 0 heterocycles. The van der Waals surface area contributed by atoms with Crippen LogP contribution in [0.25, 0.3) is 0 Å². The van der Waals surface area contributed by atoms with Gasteiger partial charge in [-0.3, -0.25) is 14.9 Å². The van der Waals surface area contributed by atoms with Crippen LogP contribution in [0.2, 0.25) is 5.02 Å². The van der Waals surface area contributed by atoms with Gasteiger partial charge in [0.1, 0.15) is 0 Å². The minimum absolute atomic E-state index is 0.0799. The van der Waals surface area contributed by atoms with E-state index in [0.29, 0.717) is 5.56 Å². The van der Waals surface area contributed by atoms with Crippen LogP contribution in [0.4, 0.5) is 11.4 Å². The number of non-ortho nitro benzene ring substituents is 1. The number of nitrogens with one attached hydrogen (secondary N) is 1. The lowest BCUT2D eigenvalue weighted by Crippen LogP contribution is -2.30.